The number of alkyl halides is 4. The summed E-state index contributed by atoms with van der Waals surface area (Å²) in [4.78, 5) is 1.82. The van der Waals surface area contributed by atoms with Crippen LogP contribution in [0.5, 0.6) is 0 Å². The average Bonchev–Trinajstić information content (AvgIpc) is 3.21. The highest BCUT2D eigenvalue weighted by molar-refractivity contribution is 6.06. The molecule has 0 aliphatic carbocycles. The van der Waals surface area contributed by atoms with E-state index in [2.05, 4.69) is 4.74 Å². The van der Waals surface area contributed by atoms with E-state index >= 15 is 52.7 Å². The van der Waals surface area contributed by atoms with E-state index in [4.69, 9.17) is 0 Å². The minimum atomic E-state index is -7.29. The summed E-state index contributed by atoms with van der Waals surface area (Å²) in [6.07, 6.45) is -14.0. The van der Waals surface area contributed by atoms with Crippen LogP contribution in [-0.4, -0.2) is 17.9 Å². The third-order valence-corrected chi connectivity index (χ3v) is 8.85. The minimum Gasteiger partial charge on any atom is -0.254 e. The molecule has 1 aliphatic heterocycles. The Morgan fingerprint density at radius 3 is 0.683 bits per heavy atom. The fourth-order valence-corrected chi connectivity index (χ4v) is 6.11. The van der Waals surface area contributed by atoms with Crippen molar-refractivity contribution in [2.75, 3.05) is 0 Å². The molecule has 0 spiro atoms. The number of aliphatic imine (C=N–C) groups is 1. The molecule has 0 fully saturated rings. The van der Waals surface area contributed by atoms with Gasteiger partial charge in [0.15, 0.2) is 116 Å². The normalized spacial score (nSPS) is 15.6. The standard InChI is InChI=1S/C34F27NO/c35-8-1(3-12(39)22(49)28(55)23(50)13(3)40)9(36)19(46)6(18(8)45)32(34(60,61)63-33(58,59)31(62-32)5-16(43)26(53)30(57)27(54)17(5)44)7-20(47)10(37)2(11(38)21(7)48)4-14(41)24(51)29(56)25(52)15(4)42. The number of benzene rings is 5. The fraction of sp³-hybridized carbons (Fsp3) is 0.0882. The van der Waals surface area contributed by atoms with Crippen LogP contribution in [-0.2, 0) is 10.3 Å². The third kappa shape index (κ3) is 6.03. The zero-order valence-electron chi connectivity index (χ0n) is 28.1. The van der Waals surface area contributed by atoms with Crippen molar-refractivity contribution in [3.05, 3.63) is 150 Å². The first-order valence-corrected chi connectivity index (χ1v) is 15.2. The van der Waals surface area contributed by atoms with Gasteiger partial charge in [-0.1, -0.05) is 0 Å². The lowest BCUT2D eigenvalue weighted by molar-refractivity contribution is -0.375. The molecule has 1 heterocycles. The SMILES string of the molecule is Fc1c(F)c(F)c(C2=NC(c3c(F)c(F)c(-c4c(F)c(F)c(F)c(F)c4F)c(F)c3F)(c3c(F)c(F)c(-c4c(F)c(F)c(F)c(F)c4F)c(F)c3F)C(F)(F)OC2(F)F)c(F)c1F. The van der Waals surface area contributed by atoms with Crippen molar-refractivity contribution in [2.24, 2.45) is 4.99 Å². The number of ether oxygens (including phenoxy) is 1. The molecule has 6 rings (SSSR count). The molecule has 2 nitrogen and oxygen atoms in total. The van der Waals surface area contributed by atoms with E-state index in [1.54, 1.807) is 0 Å². The average molecular weight is 951 g/mol. The summed E-state index contributed by atoms with van der Waals surface area (Å²) in [7, 11) is 0. The maximum Gasteiger partial charge on any atom is 0.405 e. The maximum absolute atomic E-state index is 16.3. The van der Waals surface area contributed by atoms with Gasteiger partial charge in [-0.15, -0.1) is 0 Å². The summed E-state index contributed by atoms with van der Waals surface area (Å²) in [6, 6.07) is 0. The van der Waals surface area contributed by atoms with E-state index in [9.17, 15) is 65.9 Å². The summed E-state index contributed by atoms with van der Waals surface area (Å²) >= 11 is 0. The molecule has 0 amide bonds. The quantitative estimate of drug-likeness (QED) is 0.0977. The Labute approximate surface area is 325 Å². The van der Waals surface area contributed by atoms with Crippen molar-refractivity contribution in [3.8, 4) is 22.3 Å². The monoisotopic (exact) mass is 951 g/mol. The summed E-state index contributed by atoms with van der Waals surface area (Å²) in [6.45, 7) is 0. The van der Waals surface area contributed by atoms with Crippen LogP contribution in [0.3, 0.4) is 0 Å². The highest BCUT2D eigenvalue weighted by atomic mass is 19.3. The lowest BCUT2D eigenvalue weighted by atomic mass is 9.77. The van der Waals surface area contributed by atoms with Gasteiger partial charge in [0.1, 0.15) is 5.71 Å². The number of hydrogen-bond acceptors (Lipinski definition) is 2. The van der Waals surface area contributed by atoms with E-state index in [1.807, 2.05) is 4.99 Å². The smallest absolute Gasteiger partial charge is 0.254 e. The second-order valence-electron chi connectivity index (χ2n) is 12.2. The Kier molecular flexibility index (Phi) is 10.8. The predicted molar refractivity (Wildman–Crippen MR) is 148 cm³/mol. The number of rotatable bonds is 5. The van der Waals surface area contributed by atoms with Crippen molar-refractivity contribution in [2.45, 2.75) is 17.8 Å². The van der Waals surface area contributed by atoms with Crippen molar-refractivity contribution in [3.63, 3.8) is 0 Å². The molecule has 63 heavy (non-hydrogen) atoms. The summed E-state index contributed by atoms with van der Waals surface area (Å²) in [5.41, 5.74) is -34.9. The van der Waals surface area contributed by atoms with Crippen LogP contribution in [0.2, 0.25) is 0 Å². The summed E-state index contributed by atoms with van der Waals surface area (Å²) < 4.78 is 408. The van der Waals surface area contributed by atoms with Gasteiger partial charge >= 0.3 is 12.2 Å². The van der Waals surface area contributed by atoms with E-state index in [-0.39, 0.29) is 0 Å². The van der Waals surface area contributed by atoms with Gasteiger partial charge in [-0.05, 0) is 0 Å². The van der Waals surface area contributed by atoms with Crippen LogP contribution in [0.25, 0.3) is 22.3 Å². The molecule has 0 aromatic heterocycles. The van der Waals surface area contributed by atoms with Crippen molar-refractivity contribution < 1.29 is 123 Å². The summed E-state index contributed by atoms with van der Waals surface area (Å²) in [5.74, 6) is -82.7. The molecule has 1 aliphatic rings. The van der Waals surface area contributed by atoms with E-state index in [0.717, 1.165) is 0 Å². The zero-order chi connectivity index (χ0) is 47.8. The van der Waals surface area contributed by atoms with Gasteiger partial charge in [-0.25, -0.2) is 106 Å². The predicted octanol–water partition coefficient (Wildman–Crippen LogP) is 12.2. The first-order valence-electron chi connectivity index (χ1n) is 15.2. The molecule has 0 saturated heterocycles. The van der Waals surface area contributed by atoms with E-state index < -0.39 is 196 Å². The Bertz CT molecular complexity index is 2640. The van der Waals surface area contributed by atoms with Crippen molar-refractivity contribution in [1.29, 1.82) is 0 Å². The highest BCUT2D eigenvalue weighted by Gasteiger charge is 2.72. The van der Waals surface area contributed by atoms with Crippen LogP contribution in [0.15, 0.2) is 4.99 Å². The van der Waals surface area contributed by atoms with Gasteiger partial charge in [-0.2, -0.15) is 17.6 Å². The second kappa shape index (κ2) is 14.7. The molecule has 0 bridgehead atoms. The van der Waals surface area contributed by atoms with Gasteiger partial charge < -0.3 is 0 Å². The van der Waals surface area contributed by atoms with E-state index in [0.29, 0.717) is 0 Å². The van der Waals surface area contributed by atoms with Crippen LogP contribution in [0.1, 0.15) is 16.7 Å². The number of hydrogen-bond donors (Lipinski definition) is 0. The Morgan fingerprint density at radius 2 is 0.444 bits per heavy atom. The molecular formula is C34F27NO. The number of nitrogens with zero attached hydrogens (tertiary/aromatic N) is 1. The van der Waals surface area contributed by atoms with Crippen molar-refractivity contribution in [1.82, 2.24) is 0 Å². The molecule has 0 N–H and O–H groups in total. The lowest BCUT2D eigenvalue weighted by Crippen LogP contribution is -2.59. The Balaban J connectivity index is 1.93. The van der Waals surface area contributed by atoms with Crippen LogP contribution in [0, 0.1) is 134 Å². The zero-order valence-corrected chi connectivity index (χ0v) is 28.1. The first-order chi connectivity index (χ1) is 28.9. The molecule has 0 radical (unpaired) electrons. The van der Waals surface area contributed by atoms with Gasteiger partial charge in [0.05, 0.1) is 38.9 Å². The topological polar surface area (TPSA) is 21.6 Å². The molecule has 0 atom stereocenters. The maximum atomic E-state index is 16.3. The molecule has 5 aromatic rings. The van der Waals surface area contributed by atoms with Gasteiger partial charge in [0.25, 0.3) is 0 Å². The van der Waals surface area contributed by atoms with Crippen LogP contribution in [0.4, 0.5) is 119 Å². The largest absolute Gasteiger partial charge is 0.405 e. The van der Waals surface area contributed by atoms with Gasteiger partial charge in [0, 0.05) is 0 Å². The van der Waals surface area contributed by atoms with Crippen LogP contribution >= 0.6 is 0 Å². The number of halogens is 27. The Morgan fingerprint density at radius 1 is 0.254 bits per heavy atom. The third-order valence-electron chi connectivity index (χ3n) is 8.85. The highest BCUT2D eigenvalue weighted by Crippen LogP contribution is 2.58. The van der Waals surface area contributed by atoms with Gasteiger partial charge in [-0.3, -0.25) is 4.99 Å². The minimum absolute atomic E-state index is 1.82. The van der Waals surface area contributed by atoms with Gasteiger partial charge in [0.2, 0.25) is 23.0 Å². The lowest BCUT2D eigenvalue weighted by Gasteiger charge is -2.43. The Hall–Kier alpha value is -6.16. The molecule has 29 heteroatoms. The molecule has 0 saturated carbocycles. The molecule has 5 aromatic carbocycles. The molecule has 0 unspecified atom stereocenters. The van der Waals surface area contributed by atoms with Crippen molar-refractivity contribution >= 4 is 5.71 Å². The van der Waals surface area contributed by atoms with Crippen LogP contribution < -0.4 is 0 Å². The second-order valence-corrected chi connectivity index (χ2v) is 12.2. The first kappa shape index (κ1) is 46.3. The fourth-order valence-electron chi connectivity index (χ4n) is 6.11. The summed E-state index contributed by atoms with van der Waals surface area (Å²) in [5, 5.41) is 0. The molecule has 336 valence electrons. The van der Waals surface area contributed by atoms with E-state index in [1.165, 1.54) is 0 Å². The molecular weight excluding hydrogens is 951 g/mol.